The third-order valence-electron chi connectivity index (χ3n) is 3.28. The summed E-state index contributed by atoms with van der Waals surface area (Å²) in [5, 5.41) is 3.37. The Morgan fingerprint density at radius 3 is 2.62 bits per heavy atom. The molecule has 1 aliphatic heterocycles. The molecule has 0 N–H and O–H groups in total. The van der Waals surface area contributed by atoms with Gasteiger partial charge in [-0.05, 0) is 12.1 Å². The van der Waals surface area contributed by atoms with E-state index < -0.39 is 40.7 Å². The topological polar surface area (TPSA) is 47.8 Å². The normalized spacial score (nSPS) is 22.3. The Bertz CT molecular complexity index is 700. The van der Waals surface area contributed by atoms with Gasteiger partial charge in [0.25, 0.3) is 0 Å². The van der Waals surface area contributed by atoms with Crippen LogP contribution in [-0.4, -0.2) is 25.0 Å². The van der Waals surface area contributed by atoms with E-state index in [2.05, 4.69) is 10.1 Å². The highest BCUT2D eigenvalue weighted by Gasteiger charge is 2.38. The maximum atomic E-state index is 13.9. The van der Waals surface area contributed by atoms with Crippen molar-refractivity contribution in [3.05, 3.63) is 41.2 Å². The fraction of sp³-hybridized carbons (Fsp3) is 0.333. The Labute approximate surface area is 119 Å². The molecule has 0 saturated heterocycles. The van der Waals surface area contributed by atoms with E-state index in [1.165, 1.54) is 6.07 Å². The van der Waals surface area contributed by atoms with Crippen molar-refractivity contribution in [2.75, 3.05) is 6.01 Å². The molecule has 0 spiro atoms. The van der Waals surface area contributed by atoms with Crippen LogP contribution in [0.2, 0.25) is 0 Å². The van der Waals surface area contributed by atoms with Crippen LogP contribution >= 0.6 is 0 Å². The summed E-state index contributed by atoms with van der Waals surface area (Å²) in [5.41, 5.74) is -0.332. The number of rotatable bonds is 3. The van der Waals surface area contributed by atoms with Crippen LogP contribution in [0.1, 0.15) is 30.0 Å². The highest BCUT2D eigenvalue weighted by Crippen LogP contribution is 2.41. The number of hydrogen-bond acceptors (Lipinski definition) is 3. The Hall–Kier alpha value is -1.77. The minimum absolute atomic E-state index is 0.195. The Morgan fingerprint density at radius 1 is 1.33 bits per heavy atom. The molecule has 1 aliphatic rings. The Balaban J connectivity index is 2.09. The highest BCUT2D eigenvalue weighted by atomic mass is 32.2. The number of aromatic nitrogens is 3. The van der Waals surface area contributed by atoms with Gasteiger partial charge in [-0.3, -0.25) is 0 Å². The monoisotopic (exact) mass is 319 g/mol. The van der Waals surface area contributed by atoms with Crippen LogP contribution < -0.4 is 0 Å². The molecule has 21 heavy (non-hydrogen) atoms. The smallest absolute Gasteiger partial charge is 0.241 e. The summed E-state index contributed by atoms with van der Waals surface area (Å²) >= 11 is 0. The fourth-order valence-electron chi connectivity index (χ4n) is 2.37. The van der Waals surface area contributed by atoms with E-state index in [4.69, 9.17) is 0 Å². The molecule has 0 radical (unpaired) electrons. The molecule has 0 fully saturated rings. The predicted molar refractivity (Wildman–Crippen MR) is 65.4 cm³/mol. The zero-order valence-corrected chi connectivity index (χ0v) is 11.3. The van der Waals surface area contributed by atoms with Crippen molar-refractivity contribution in [2.45, 2.75) is 23.8 Å². The Morgan fingerprint density at radius 2 is 2.00 bits per heavy atom. The van der Waals surface area contributed by atoms with Gasteiger partial charge in [0, 0.05) is 12.0 Å². The summed E-state index contributed by atoms with van der Waals surface area (Å²) in [5.74, 6) is -1.85. The molecular formula is C12H9F4N3OS. The van der Waals surface area contributed by atoms with E-state index in [0.717, 1.165) is 16.8 Å². The molecule has 4 nitrogen and oxygen atoms in total. The Kier molecular flexibility index (Phi) is 3.52. The second-order valence-electron chi connectivity index (χ2n) is 4.51. The molecule has 112 valence electrons. The summed E-state index contributed by atoms with van der Waals surface area (Å²) in [6, 6.07) is 1.07. The molecule has 3 atom stereocenters. The number of benzene rings is 1. The number of nitrogens with zero attached hydrogens (tertiary/aromatic N) is 3. The zero-order chi connectivity index (χ0) is 15.1. The van der Waals surface area contributed by atoms with Crippen LogP contribution in [0.5, 0.6) is 0 Å². The molecular weight excluding hydrogens is 310 g/mol. The molecule has 1 aromatic carbocycles. The number of fused-ring (bicyclic) bond motifs is 1. The first kappa shape index (κ1) is 14.2. The van der Waals surface area contributed by atoms with Crippen LogP contribution in [-0.2, 0) is 10.8 Å². The quantitative estimate of drug-likeness (QED) is 0.817. The van der Waals surface area contributed by atoms with Gasteiger partial charge in [0.05, 0.1) is 6.04 Å². The minimum atomic E-state index is -2.11. The van der Waals surface area contributed by atoms with Crippen molar-refractivity contribution in [1.29, 1.82) is 0 Å². The third kappa shape index (κ3) is 2.25. The first-order chi connectivity index (χ1) is 10.0. The average molecular weight is 319 g/mol. The number of hydrogen-bond donors (Lipinski definition) is 0. The molecule has 0 saturated carbocycles. The molecule has 2 heterocycles. The molecule has 0 aliphatic carbocycles. The number of alkyl halides is 2. The van der Waals surface area contributed by atoms with Crippen molar-refractivity contribution in [3.8, 4) is 0 Å². The standard InChI is InChI=1S/C12H9F4N3OS/c13-5-21(20)12-17-11-8(16)4-9(19(11)18-12)10-6(14)2-1-3-7(10)15/h1-3,8-9H,4-5H2/t8-,9-,21?/m0/s1. The number of halogens is 4. The van der Waals surface area contributed by atoms with Crippen molar-refractivity contribution in [1.82, 2.24) is 14.8 Å². The van der Waals surface area contributed by atoms with E-state index in [9.17, 15) is 21.8 Å². The van der Waals surface area contributed by atoms with E-state index in [1.54, 1.807) is 0 Å². The van der Waals surface area contributed by atoms with Crippen LogP contribution in [0.4, 0.5) is 17.6 Å². The lowest BCUT2D eigenvalue weighted by atomic mass is 10.0. The van der Waals surface area contributed by atoms with Gasteiger partial charge >= 0.3 is 0 Å². The van der Waals surface area contributed by atoms with Gasteiger partial charge in [-0.2, -0.15) is 0 Å². The summed E-state index contributed by atoms with van der Waals surface area (Å²) < 4.78 is 66.2. The van der Waals surface area contributed by atoms with Gasteiger partial charge in [0.1, 0.15) is 22.4 Å². The first-order valence-corrected chi connectivity index (χ1v) is 7.33. The molecule has 3 rings (SSSR count). The van der Waals surface area contributed by atoms with Crippen LogP contribution in [0.3, 0.4) is 0 Å². The molecule has 9 heteroatoms. The van der Waals surface area contributed by atoms with Crippen molar-refractivity contribution in [2.24, 2.45) is 0 Å². The summed E-state index contributed by atoms with van der Waals surface area (Å²) in [4.78, 5) is 3.67. The van der Waals surface area contributed by atoms with E-state index >= 15 is 0 Å². The van der Waals surface area contributed by atoms with Gasteiger partial charge in [-0.25, -0.2) is 31.4 Å². The van der Waals surface area contributed by atoms with Crippen molar-refractivity contribution >= 4 is 10.8 Å². The lowest BCUT2D eigenvalue weighted by Gasteiger charge is -2.13. The van der Waals surface area contributed by atoms with Gasteiger partial charge in [0.15, 0.2) is 18.0 Å². The summed E-state index contributed by atoms with van der Waals surface area (Å²) in [7, 11) is -2.11. The van der Waals surface area contributed by atoms with Crippen LogP contribution in [0, 0.1) is 11.6 Å². The molecule has 0 amide bonds. The lowest BCUT2D eigenvalue weighted by molar-refractivity contribution is 0.323. The predicted octanol–water partition coefficient (Wildman–Crippen LogP) is 2.59. The third-order valence-corrected chi connectivity index (χ3v) is 4.06. The highest BCUT2D eigenvalue weighted by molar-refractivity contribution is 7.84. The first-order valence-electron chi connectivity index (χ1n) is 6.01. The van der Waals surface area contributed by atoms with E-state index in [0.29, 0.717) is 0 Å². The van der Waals surface area contributed by atoms with Crippen LogP contribution in [0.25, 0.3) is 0 Å². The largest absolute Gasteiger partial charge is 0.248 e. The molecule has 1 aromatic heterocycles. The van der Waals surface area contributed by atoms with Gasteiger partial charge in [-0.1, -0.05) is 6.07 Å². The molecule has 0 bridgehead atoms. The lowest BCUT2D eigenvalue weighted by Crippen LogP contribution is -2.12. The zero-order valence-electron chi connectivity index (χ0n) is 10.5. The second-order valence-corrected chi connectivity index (χ2v) is 5.78. The van der Waals surface area contributed by atoms with Gasteiger partial charge in [0.2, 0.25) is 5.16 Å². The van der Waals surface area contributed by atoms with Crippen molar-refractivity contribution in [3.63, 3.8) is 0 Å². The fourth-order valence-corrected chi connectivity index (χ4v) is 2.85. The SMILES string of the molecule is O=S(CF)c1nc2n(n1)[C@H](c1c(F)cccc1F)C[C@@H]2F. The van der Waals surface area contributed by atoms with Crippen LogP contribution in [0.15, 0.2) is 23.4 Å². The molecule has 1 unspecified atom stereocenters. The van der Waals surface area contributed by atoms with E-state index in [-0.39, 0.29) is 23.0 Å². The minimum Gasteiger partial charge on any atom is -0.248 e. The maximum Gasteiger partial charge on any atom is 0.241 e. The van der Waals surface area contributed by atoms with E-state index in [1.807, 2.05) is 0 Å². The average Bonchev–Trinajstić information content (AvgIpc) is 3.00. The second kappa shape index (κ2) is 5.21. The summed E-state index contributed by atoms with van der Waals surface area (Å²) in [6.45, 7) is 0. The maximum absolute atomic E-state index is 13.9. The summed E-state index contributed by atoms with van der Waals surface area (Å²) in [6.07, 6.45) is -1.83. The van der Waals surface area contributed by atoms with Gasteiger partial charge in [-0.15, -0.1) is 5.10 Å². The molecule has 2 aromatic rings. The van der Waals surface area contributed by atoms with Crippen molar-refractivity contribution < 1.29 is 21.8 Å². The van der Waals surface area contributed by atoms with Gasteiger partial charge < -0.3 is 0 Å².